The molecule has 0 aromatic carbocycles. The molecule has 1 atom stereocenters. The van der Waals surface area contributed by atoms with Crippen molar-refractivity contribution in [3.05, 3.63) is 0 Å². The summed E-state index contributed by atoms with van der Waals surface area (Å²) in [6.07, 6.45) is 11.1. The van der Waals surface area contributed by atoms with Gasteiger partial charge in [-0.15, -0.1) is 0 Å². The average molecular weight is 292 g/mol. The number of nitrogens with zero attached hydrogens (tertiary/aromatic N) is 1. The van der Waals surface area contributed by atoms with Crippen molar-refractivity contribution in [3.63, 3.8) is 0 Å². The first-order chi connectivity index (χ1) is 10.2. The van der Waals surface area contributed by atoms with Gasteiger partial charge >= 0.3 is 0 Å². The van der Waals surface area contributed by atoms with Crippen molar-refractivity contribution in [2.75, 3.05) is 13.1 Å². The van der Waals surface area contributed by atoms with Gasteiger partial charge in [-0.3, -0.25) is 9.59 Å². The average Bonchev–Trinajstić information content (AvgIpc) is 3.34. The van der Waals surface area contributed by atoms with E-state index in [1.807, 2.05) is 4.90 Å². The summed E-state index contributed by atoms with van der Waals surface area (Å²) in [6.45, 7) is 1.61. The van der Waals surface area contributed by atoms with Crippen LogP contribution in [0.25, 0.3) is 0 Å². The van der Waals surface area contributed by atoms with Crippen molar-refractivity contribution in [1.29, 1.82) is 0 Å². The summed E-state index contributed by atoms with van der Waals surface area (Å²) in [6, 6.07) is 0.174. The first kappa shape index (κ1) is 14.9. The molecule has 2 saturated carbocycles. The van der Waals surface area contributed by atoms with Crippen LogP contribution < -0.4 is 5.32 Å². The van der Waals surface area contributed by atoms with Crippen LogP contribution in [0.2, 0.25) is 0 Å². The van der Waals surface area contributed by atoms with Crippen LogP contribution in [0.1, 0.15) is 64.2 Å². The van der Waals surface area contributed by atoms with E-state index in [-0.39, 0.29) is 23.8 Å². The molecule has 2 aliphatic carbocycles. The number of rotatable bonds is 3. The van der Waals surface area contributed by atoms with Crippen LogP contribution in [0.15, 0.2) is 0 Å². The van der Waals surface area contributed by atoms with E-state index < -0.39 is 0 Å². The fraction of sp³-hybridized carbons (Fsp3) is 0.882. The highest BCUT2D eigenvalue weighted by atomic mass is 16.2. The summed E-state index contributed by atoms with van der Waals surface area (Å²) in [5.74, 6) is 1.07. The molecule has 21 heavy (non-hydrogen) atoms. The molecule has 1 N–H and O–H groups in total. The van der Waals surface area contributed by atoms with E-state index in [0.717, 1.165) is 58.0 Å². The summed E-state index contributed by atoms with van der Waals surface area (Å²) in [5, 5.41) is 3.18. The zero-order chi connectivity index (χ0) is 14.7. The smallest absolute Gasteiger partial charge is 0.225 e. The minimum atomic E-state index is 0.174. The Morgan fingerprint density at radius 1 is 0.810 bits per heavy atom. The molecular weight excluding hydrogens is 264 g/mol. The second-order valence-corrected chi connectivity index (χ2v) is 7.09. The van der Waals surface area contributed by atoms with Crippen LogP contribution in [0.3, 0.4) is 0 Å². The zero-order valence-electron chi connectivity index (χ0n) is 13.0. The summed E-state index contributed by atoms with van der Waals surface area (Å²) >= 11 is 0. The third-order valence-electron chi connectivity index (χ3n) is 5.23. The van der Waals surface area contributed by atoms with Gasteiger partial charge in [0.15, 0.2) is 0 Å². The Hall–Kier alpha value is -1.06. The molecule has 118 valence electrons. The lowest BCUT2D eigenvalue weighted by Gasteiger charge is -2.30. The van der Waals surface area contributed by atoms with Gasteiger partial charge in [0.25, 0.3) is 0 Å². The van der Waals surface area contributed by atoms with E-state index in [4.69, 9.17) is 0 Å². The van der Waals surface area contributed by atoms with Crippen molar-refractivity contribution in [3.8, 4) is 0 Å². The molecule has 0 radical (unpaired) electrons. The molecule has 4 nitrogen and oxygen atoms in total. The van der Waals surface area contributed by atoms with Crippen molar-refractivity contribution in [1.82, 2.24) is 10.2 Å². The third-order valence-corrected chi connectivity index (χ3v) is 5.23. The lowest BCUT2D eigenvalue weighted by atomic mass is 9.88. The normalized spacial score (nSPS) is 28.0. The van der Waals surface area contributed by atoms with E-state index in [2.05, 4.69) is 5.32 Å². The Morgan fingerprint density at radius 3 is 2.24 bits per heavy atom. The zero-order valence-corrected chi connectivity index (χ0v) is 13.0. The number of amides is 2. The van der Waals surface area contributed by atoms with Gasteiger partial charge in [-0.2, -0.15) is 0 Å². The van der Waals surface area contributed by atoms with E-state index in [1.54, 1.807) is 0 Å². The maximum absolute atomic E-state index is 12.7. The molecule has 0 aromatic heterocycles. The lowest BCUT2D eigenvalue weighted by Crippen LogP contribution is -2.46. The highest BCUT2D eigenvalue weighted by Crippen LogP contribution is 2.30. The number of likely N-dealkylation sites (tertiary alicyclic amines) is 1. The first-order valence-corrected chi connectivity index (χ1v) is 8.83. The van der Waals surface area contributed by atoms with Crippen LogP contribution in [0, 0.1) is 11.8 Å². The van der Waals surface area contributed by atoms with Crippen LogP contribution in [0.5, 0.6) is 0 Å². The highest BCUT2D eigenvalue weighted by Gasteiger charge is 2.33. The number of hydrogen-bond acceptors (Lipinski definition) is 2. The molecule has 4 heteroatoms. The van der Waals surface area contributed by atoms with Gasteiger partial charge in [-0.25, -0.2) is 0 Å². The maximum Gasteiger partial charge on any atom is 0.225 e. The predicted molar refractivity (Wildman–Crippen MR) is 81.7 cm³/mol. The number of hydrogen-bond donors (Lipinski definition) is 1. The van der Waals surface area contributed by atoms with E-state index in [9.17, 15) is 9.59 Å². The van der Waals surface area contributed by atoms with Crippen LogP contribution in [0.4, 0.5) is 0 Å². The highest BCUT2D eigenvalue weighted by molar-refractivity contribution is 5.81. The van der Waals surface area contributed by atoms with Gasteiger partial charge in [0.1, 0.15) is 0 Å². The van der Waals surface area contributed by atoms with Gasteiger partial charge in [0.05, 0.1) is 0 Å². The topological polar surface area (TPSA) is 49.4 Å². The summed E-state index contributed by atoms with van der Waals surface area (Å²) in [5.41, 5.74) is 0. The Labute approximate surface area is 127 Å². The second kappa shape index (κ2) is 6.80. The molecule has 1 saturated heterocycles. The second-order valence-electron chi connectivity index (χ2n) is 7.09. The van der Waals surface area contributed by atoms with E-state index in [1.165, 1.54) is 19.3 Å². The molecule has 0 unspecified atom stereocenters. The standard InChI is InChI=1S/C17H28N2O2/c20-16(13-9-10-13)18-15-8-4-5-11-19(12-15)17(21)14-6-2-1-3-7-14/h13-15H,1-12H2,(H,18,20)/t15-/m1/s1. The van der Waals surface area contributed by atoms with Crippen molar-refractivity contribution in [2.24, 2.45) is 11.8 Å². The molecule has 3 fully saturated rings. The van der Waals surface area contributed by atoms with Crippen molar-refractivity contribution < 1.29 is 9.59 Å². The van der Waals surface area contributed by atoms with Gasteiger partial charge in [-0.1, -0.05) is 19.3 Å². The maximum atomic E-state index is 12.7. The molecule has 0 spiro atoms. The summed E-state index contributed by atoms with van der Waals surface area (Å²) < 4.78 is 0. The third kappa shape index (κ3) is 3.98. The monoisotopic (exact) mass is 292 g/mol. The number of nitrogens with one attached hydrogen (secondary N) is 1. The number of carbonyl (C=O) groups excluding carboxylic acids is 2. The van der Waals surface area contributed by atoms with Crippen LogP contribution in [-0.4, -0.2) is 35.8 Å². The fourth-order valence-electron chi connectivity index (χ4n) is 3.73. The molecular formula is C17H28N2O2. The van der Waals surface area contributed by atoms with Gasteiger partial charge in [0.2, 0.25) is 11.8 Å². The quantitative estimate of drug-likeness (QED) is 0.868. The molecule has 3 rings (SSSR count). The van der Waals surface area contributed by atoms with E-state index >= 15 is 0 Å². The van der Waals surface area contributed by atoms with Gasteiger partial charge in [0, 0.05) is 31.0 Å². The molecule has 0 bridgehead atoms. The lowest BCUT2D eigenvalue weighted by molar-refractivity contribution is -0.137. The van der Waals surface area contributed by atoms with Gasteiger partial charge < -0.3 is 10.2 Å². The molecule has 1 aliphatic heterocycles. The van der Waals surface area contributed by atoms with Crippen molar-refractivity contribution in [2.45, 2.75) is 70.3 Å². The SMILES string of the molecule is O=C(N[C@@H]1CCCCN(C(=O)C2CCCCC2)C1)C1CC1. The number of carbonyl (C=O) groups is 2. The first-order valence-electron chi connectivity index (χ1n) is 8.83. The van der Waals surface area contributed by atoms with Gasteiger partial charge in [-0.05, 0) is 44.9 Å². The van der Waals surface area contributed by atoms with Crippen molar-refractivity contribution >= 4 is 11.8 Å². The molecule has 2 amide bonds. The van der Waals surface area contributed by atoms with E-state index in [0.29, 0.717) is 5.91 Å². The fourth-order valence-corrected chi connectivity index (χ4v) is 3.73. The minimum Gasteiger partial charge on any atom is -0.351 e. The summed E-state index contributed by atoms with van der Waals surface area (Å²) in [4.78, 5) is 26.7. The Morgan fingerprint density at radius 2 is 1.52 bits per heavy atom. The van der Waals surface area contributed by atoms with Crippen LogP contribution in [-0.2, 0) is 9.59 Å². The Balaban J connectivity index is 1.55. The predicted octanol–water partition coefficient (Wildman–Crippen LogP) is 2.47. The molecule has 1 heterocycles. The summed E-state index contributed by atoms with van der Waals surface area (Å²) in [7, 11) is 0. The Kier molecular flexibility index (Phi) is 4.81. The Bertz CT molecular complexity index is 386. The largest absolute Gasteiger partial charge is 0.351 e. The van der Waals surface area contributed by atoms with Crippen LogP contribution >= 0.6 is 0 Å². The molecule has 3 aliphatic rings. The minimum absolute atomic E-state index is 0.174. The molecule has 0 aromatic rings.